The second kappa shape index (κ2) is 6.65. The lowest BCUT2D eigenvalue weighted by Crippen LogP contribution is -1.88. The standard InChI is InChI=1S/C17H15ClS/c1-3-12-19-17-7-5-4-6-16(17)13(2)14-8-10-15(18)11-9-14/h3-12H,2H2,1H3/b12-3+. The van der Waals surface area contributed by atoms with E-state index >= 15 is 0 Å². The van der Waals surface area contributed by atoms with E-state index in [1.165, 1.54) is 4.90 Å². The van der Waals surface area contributed by atoms with Crippen molar-refractivity contribution in [3.63, 3.8) is 0 Å². The first-order valence-corrected chi connectivity index (χ1v) is 7.30. The van der Waals surface area contributed by atoms with Gasteiger partial charge in [0.25, 0.3) is 0 Å². The van der Waals surface area contributed by atoms with Crippen molar-refractivity contribution < 1.29 is 0 Å². The van der Waals surface area contributed by atoms with Crippen LogP contribution in [0, 0.1) is 0 Å². The maximum atomic E-state index is 5.92. The van der Waals surface area contributed by atoms with Crippen LogP contribution >= 0.6 is 23.4 Å². The third-order valence-electron chi connectivity index (χ3n) is 2.74. The average molecular weight is 287 g/mol. The summed E-state index contributed by atoms with van der Waals surface area (Å²) < 4.78 is 0. The van der Waals surface area contributed by atoms with Gasteiger partial charge in [-0.25, -0.2) is 0 Å². The fourth-order valence-corrected chi connectivity index (χ4v) is 2.65. The highest BCUT2D eigenvalue weighted by Gasteiger charge is 2.07. The predicted molar refractivity (Wildman–Crippen MR) is 86.7 cm³/mol. The third kappa shape index (κ3) is 3.52. The van der Waals surface area contributed by atoms with Crippen LogP contribution in [0.2, 0.25) is 5.02 Å². The van der Waals surface area contributed by atoms with Gasteiger partial charge in [-0.1, -0.05) is 66.3 Å². The number of halogens is 1. The molecule has 0 atom stereocenters. The van der Waals surface area contributed by atoms with Crippen molar-refractivity contribution in [3.8, 4) is 0 Å². The minimum atomic E-state index is 0.744. The molecule has 0 aliphatic carbocycles. The molecular formula is C17H15ClS. The first-order chi connectivity index (χ1) is 9.22. The van der Waals surface area contributed by atoms with E-state index in [4.69, 9.17) is 11.6 Å². The van der Waals surface area contributed by atoms with Crippen molar-refractivity contribution in [2.24, 2.45) is 0 Å². The molecule has 0 heterocycles. The van der Waals surface area contributed by atoms with Gasteiger partial charge >= 0.3 is 0 Å². The number of benzene rings is 2. The van der Waals surface area contributed by atoms with E-state index in [1.54, 1.807) is 11.8 Å². The van der Waals surface area contributed by atoms with Gasteiger partial charge in [0.15, 0.2) is 0 Å². The molecule has 0 bridgehead atoms. The average Bonchev–Trinajstić information content (AvgIpc) is 2.45. The normalized spacial score (nSPS) is 10.8. The molecule has 2 aromatic carbocycles. The van der Waals surface area contributed by atoms with Crippen LogP contribution < -0.4 is 0 Å². The minimum absolute atomic E-state index is 0.744. The molecule has 0 saturated heterocycles. The van der Waals surface area contributed by atoms with Gasteiger partial charge < -0.3 is 0 Å². The molecule has 0 aromatic heterocycles. The summed E-state index contributed by atoms with van der Waals surface area (Å²) in [5.74, 6) is 0. The Balaban J connectivity index is 2.35. The van der Waals surface area contributed by atoms with Gasteiger partial charge in [0, 0.05) is 9.92 Å². The summed E-state index contributed by atoms with van der Waals surface area (Å²) in [7, 11) is 0. The summed E-state index contributed by atoms with van der Waals surface area (Å²) in [6, 6.07) is 16.1. The first kappa shape index (κ1) is 14.0. The molecule has 0 nitrogen and oxygen atoms in total. The molecule has 0 saturated carbocycles. The van der Waals surface area contributed by atoms with Crippen LogP contribution in [0.3, 0.4) is 0 Å². The lowest BCUT2D eigenvalue weighted by Gasteiger charge is -2.10. The molecule has 0 N–H and O–H groups in total. The van der Waals surface area contributed by atoms with Crippen molar-refractivity contribution in [2.45, 2.75) is 11.8 Å². The van der Waals surface area contributed by atoms with E-state index < -0.39 is 0 Å². The van der Waals surface area contributed by atoms with Gasteiger partial charge in [0.2, 0.25) is 0 Å². The van der Waals surface area contributed by atoms with E-state index in [2.05, 4.69) is 24.1 Å². The monoisotopic (exact) mass is 286 g/mol. The molecule has 0 spiro atoms. The highest BCUT2D eigenvalue weighted by atomic mass is 35.5. The van der Waals surface area contributed by atoms with Gasteiger partial charge in [0.05, 0.1) is 0 Å². The lowest BCUT2D eigenvalue weighted by atomic mass is 10.00. The first-order valence-electron chi connectivity index (χ1n) is 6.04. The van der Waals surface area contributed by atoms with Crippen LogP contribution in [0.1, 0.15) is 18.1 Å². The van der Waals surface area contributed by atoms with Crippen molar-refractivity contribution in [1.82, 2.24) is 0 Å². The topological polar surface area (TPSA) is 0 Å². The van der Waals surface area contributed by atoms with Crippen molar-refractivity contribution in [1.29, 1.82) is 0 Å². The van der Waals surface area contributed by atoms with E-state index in [9.17, 15) is 0 Å². The van der Waals surface area contributed by atoms with E-state index in [0.29, 0.717) is 0 Å². The lowest BCUT2D eigenvalue weighted by molar-refractivity contribution is 1.40. The molecule has 0 aliphatic heterocycles. The zero-order chi connectivity index (χ0) is 13.7. The third-order valence-corrected chi connectivity index (χ3v) is 4.01. The quantitative estimate of drug-likeness (QED) is 0.619. The van der Waals surface area contributed by atoms with E-state index in [1.807, 2.05) is 49.4 Å². The van der Waals surface area contributed by atoms with Gasteiger partial charge in [0.1, 0.15) is 0 Å². The van der Waals surface area contributed by atoms with Crippen LogP contribution in [0.15, 0.2) is 71.5 Å². The molecule has 96 valence electrons. The van der Waals surface area contributed by atoms with E-state index in [-0.39, 0.29) is 0 Å². The maximum Gasteiger partial charge on any atom is 0.0406 e. The van der Waals surface area contributed by atoms with Crippen LogP contribution in [0.5, 0.6) is 0 Å². The van der Waals surface area contributed by atoms with Crippen LogP contribution in [-0.2, 0) is 0 Å². The maximum absolute atomic E-state index is 5.92. The highest BCUT2D eigenvalue weighted by molar-refractivity contribution is 8.02. The second-order valence-corrected chi connectivity index (χ2v) is 5.45. The summed E-state index contributed by atoms with van der Waals surface area (Å²) in [5, 5.41) is 2.82. The number of allylic oxidation sites excluding steroid dienone is 1. The molecule has 19 heavy (non-hydrogen) atoms. The molecule has 0 radical (unpaired) electrons. The van der Waals surface area contributed by atoms with Crippen LogP contribution in [-0.4, -0.2) is 0 Å². The fraction of sp³-hybridized carbons (Fsp3) is 0.0588. The SMILES string of the molecule is C=C(c1ccc(Cl)cc1)c1ccccc1S/C=C/C. The Bertz CT molecular complexity index is 597. The van der Waals surface area contributed by atoms with E-state index in [0.717, 1.165) is 21.7 Å². The highest BCUT2D eigenvalue weighted by Crippen LogP contribution is 2.32. The zero-order valence-corrected chi connectivity index (χ0v) is 12.3. The Hall–Kier alpha value is -1.44. The number of thioether (sulfide) groups is 1. The van der Waals surface area contributed by atoms with Crippen molar-refractivity contribution in [3.05, 3.63) is 82.7 Å². The van der Waals surface area contributed by atoms with Gasteiger partial charge in [-0.2, -0.15) is 0 Å². The Morgan fingerprint density at radius 1 is 1.11 bits per heavy atom. The second-order valence-electron chi connectivity index (χ2n) is 4.07. The molecule has 0 unspecified atom stereocenters. The summed E-state index contributed by atoms with van der Waals surface area (Å²) in [6.07, 6.45) is 2.03. The summed E-state index contributed by atoms with van der Waals surface area (Å²) in [6.45, 7) is 6.23. The Morgan fingerprint density at radius 3 is 2.47 bits per heavy atom. The van der Waals surface area contributed by atoms with Crippen LogP contribution in [0.25, 0.3) is 5.57 Å². The molecule has 0 aliphatic rings. The summed E-state index contributed by atoms with van der Waals surface area (Å²) in [5.41, 5.74) is 3.27. The summed E-state index contributed by atoms with van der Waals surface area (Å²) in [4.78, 5) is 1.21. The van der Waals surface area contributed by atoms with Gasteiger partial charge in [-0.05, 0) is 47.2 Å². The number of rotatable bonds is 4. The molecule has 2 aromatic rings. The van der Waals surface area contributed by atoms with Crippen molar-refractivity contribution >= 4 is 28.9 Å². The molecule has 0 fully saturated rings. The largest absolute Gasteiger partial charge is 0.0978 e. The predicted octanol–water partition coefficient (Wildman–Crippen LogP) is 6.03. The molecule has 2 rings (SSSR count). The van der Waals surface area contributed by atoms with Crippen LogP contribution in [0.4, 0.5) is 0 Å². The molecule has 0 amide bonds. The Kier molecular flexibility index (Phi) is 4.89. The molecular weight excluding hydrogens is 272 g/mol. The molecule has 2 heteroatoms. The van der Waals surface area contributed by atoms with Gasteiger partial charge in [-0.15, -0.1) is 0 Å². The summed E-state index contributed by atoms with van der Waals surface area (Å²) >= 11 is 7.62. The Labute approximate surface area is 123 Å². The number of hydrogen-bond acceptors (Lipinski definition) is 1. The smallest absolute Gasteiger partial charge is 0.0406 e. The van der Waals surface area contributed by atoms with Crippen molar-refractivity contribution in [2.75, 3.05) is 0 Å². The zero-order valence-electron chi connectivity index (χ0n) is 10.8. The Morgan fingerprint density at radius 2 is 1.79 bits per heavy atom. The fourth-order valence-electron chi connectivity index (χ4n) is 1.77. The number of hydrogen-bond donors (Lipinski definition) is 0. The van der Waals surface area contributed by atoms with Gasteiger partial charge in [-0.3, -0.25) is 0 Å². The minimum Gasteiger partial charge on any atom is -0.0978 e.